The molecule has 2 nitrogen and oxygen atoms in total. The van der Waals surface area contributed by atoms with Gasteiger partial charge in [0.1, 0.15) is 0 Å². The minimum absolute atomic E-state index is 0.155. The molecular formula is C15H19NO. The zero-order valence-corrected chi connectivity index (χ0v) is 10.3. The van der Waals surface area contributed by atoms with E-state index in [4.69, 9.17) is 5.73 Å². The number of carbonyl (C=O) groups is 1. The Labute approximate surface area is 103 Å². The summed E-state index contributed by atoms with van der Waals surface area (Å²) in [5.74, 6) is 0.155. The molecule has 17 heavy (non-hydrogen) atoms. The van der Waals surface area contributed by atoms with Gasteiger partial charge in [-0.2, -0.15) is 0 Å². The highest BCUT2D eigenvalue weighted by molar-refractivity contribution is 6.09. The third kappa shape index (κ3) is 2.96. The van der Waals surface area contributed by atoms with Crippen LogP contribution in [0.5, 0.6) is 0 Å². The van der Waals surface area contributed by atoms with Crippen molar-refractivity contribution in [1.82, 2.24) is 0 Å². The number of anilines is 1. The van der Waals surface area contributed by atoms with Crippen molar-refractivity contribution < 1.29 is 4.79 Å². The monoisotopic (exact) mass is 229 g/mol. The van der Waals surface area contributed by atoms with Crippen molar-refractivity contribution in [3.05, 3.63) is 41.0 Å². The molecule has 0 unspecified atom stereocenters. The van der Waals surface area contributed by atoms with Gasteiger partial charge in [0.25, 0.3) is 0 Å². The first-order chi connectivity index (χ1) is 8.16. The number of benzene rings is 1. The van der Waals surface area contributed by atoms with E-state index in [1.54, 1.807) is 6.07 Å². The molecule has 0 saturated carbocycles. The molecule has 1 aromatic rings. The number of ketones is 1. The Morgan fingerprint density at radius 3 is 2.76 bits per heavy atom. The number of hydrogen-bond acceptors (Lipinski definition) is 2. The molecule has 1 aromatic carbocycles. The summed E-state index contributed by atoms with van der Waals surface area (Å²) in [6.45, 7) is 1.97. The van der Waals surface area contributed by atoms with Crippen molar-refractivity contribution >= 4 is 11.5 Å². The molecule has 0 heterocycles. The molecule has 1 aliphatic rings. The predicted molar refractivity (Wildman–Crippen MR) is 71.1 cm³/mol. The average Bonchev–Trinajstić information content (AvgIpc) is 2.55. The van der Waals surface area contributed by atoms with Gasteiger partial charge in [0.05, 0.1) is 0 Å². The molecule has 0 atom stereocenters. The maximum absolute atomic E-state index is 12.3. The van der Waals surface area contributed by atoms with Gasteiger partial charge in [0, 0.05) is 11.3 Å². The van der Waals surface area contributed by atoms with Crippen LogP contribution in [0.15, 0.2) is 29.8 Å². The number of carbonyl (C=O) groups excluding carboxylic acids is 1. The lowest BCUT2D eigenvalue weighted by Crippen LogP contribution is -2.04. The fraction of sp³-hybridized carbons (Fsp3) is 0.400. The number of Topliss-reactive ketones (excluding diaryl/α,β-unsaturated/α-hetero) is 1. The number of allylic oxidation sites excluding steroid dienone is 2. The summed E-state index contributed by atoms with van der Waals surface area (Å²) in [5, 5.41) is 0. The van der Waals surface area contributed by atoms with Gasteiger partial charge in [-0.15, -0.1) is 0 Å². The van der Waals surface area contributed by atoms with Crippen LogP contribution in [-0.4, -0.2) is 5.78 Å². The van der Waals surface area contributed by atoms with Crippen LogP contribution in [-0.2, 0) is 0 Å². The number of nitrogen functional groups attached to an aromatic ring is 1. The largest absolute Gasteiger partial charge is 0.399 e. The molecule has 0 aliphatic heterocycles. The minimum atomic E-state index is 0.155. The van der Waals surface area contributed by atoms with E-state index in [9.17, 15) is 4.79 Å². The molecule has 2 N–H and O–H groups in total. The Hall–Kier alpha value is -1.57. The normalized spacial score (nSPS) is 16.2. The van der Waals surface area contributed by atoms with Gasteiger partial charge < -0.3 is 5.73 Å². The first-order valence-electron chi connectivity index (χ1n) is 6.28. The second-order valence-corrected chi connectivity index (χ2v) is 4.79. The smallest absolute Gasteiger partial charge is 0.188 e. The number of rotatable bonds is 2. The van der Waals surface area contributed by atoms with E-state index in [0.29, 0.717) is 5.69 Å². The molecule has 90 valence electrons. The van der Waals surface area contributed by atoms with Crippen LogP contribution in [0.3, 0.4) is 0 Å². The summed E-state index contributed by atoms with van der Waals surface area (Å²) in [5.41, 5.74) is 9.20. The SMILES string of the molecule is Cc1cc(N)cc(C(=O)C2=CCCCCC2)c1. The van der Waals surface area contributed by atoms with Crippen LogP contribution in [0, 0.1) is 6.92 Å². The number of aryl methyl sites for hydroxylation is 1. The highest BCUT2D eigenvalue weighted by Crippen LogP contribution is 2.22. The Morgan fingerprint density at radius 1 is 1.18 bits per heavy atom. The van der Waals surface area contributed by atoms with Gasteiger partial charge in [-0.05, 0) is 61.9 Å². The van der Waals surface area contributed by atoms with E-state index < -0.39 is 0 Å². The summed E-state index contributed by atoms with van der Waals surface area (Å²) >= 11 is 0. The molecule has 0 spiro atoms. The third-order valence-corrected chi connectivity index (χ3v) is 3.19. The molecule has 0 fully saturated rings. The second-order valence-electron chi connectivity index (χ2n) is 4.79. The molecule has 0 aromatic heterocycles. The topological polar surface area (TPSA) is 43.1 Å². The van der Waals surface area contributed by atoms with Crippen LogP contribution in [0.2, 0.25) is 0 Å². The van der Waals surface area contributed by atoms with E-state index >= 15 is 0 Å². The van der Waals surface area contributed by atoms with Gasteiger partial charge in [0.2, 0.25) is 0 Å². The van der Waals surface area contributed by atoms with Crippen molar-refractivity contribution in [3.8, 4) is 0 Å². The fourth-order valence-electron chi connectivity index (χ4n) is 2.35. The molecular weight excluding hydrogens is 210 g/mol. The van der Waals surface area contributed by atoms with E-state index in [2.05, 4.69) is 6.08 Å². The maximum Gasteiger partial charge on any atom is 0.188 e. The van der Waals surface area contributed by atoms with Crippen molar-refractivity contribution in [1.29, 1.82) is 0 Å². The summed E-state index contributed by atoms with van der Waals surface area (Å²) in [6.07, 6.45) is 7.59. The van der Waals surface area contributed by atoms with Gasteiger partial charge in [-0.3, -0.25) is 4.79 Å². The van der Waals surface area contributed by atoms with Gasteiger partial charge >= 0.3 is 0 Å². The fourth-order valence-corrected chi connectivity index (χ4v) is 2.35. The van der Waals surface area contributed by atoms with E-state index in [1.165, 1.54) is 12.8 Å². The van der Waals surface area contributed by atoms with E-state index in [-0.39, 0.29) is 5.78 Å². The predicted octanol–water partition coefficient (Wildman–Crippen LogP) is 3.65. The van der Waals surface area contributed by atoms with Gasteiger partial charge in [0.15, 0.2) is 5.78 Å². The van der Waals surface area contributed by atoms with Crippen LogP contribution >= 0.6 is 0 Å². The molecule has 0 bridgehead atoms. The van der Waals surface area contributed by atoms with Crippen molar-refractivity contribution in [2.45, 2.75) is 39.0 Å². The summed E-state index contributed by atoms with van der Waals surface area (Å²) in [7, 11) is 0. The van der Waals surface area contributed by atoms with Gasteiger partial charge in [-0.1, -0.05) is 12.5 Å². The van der Waals surface area contributed by atoms with E-state index in [0.717, 1.165) is 36.0 Å². The maximum atomic E-state index is 12.3. The lowest BCUT2D eigenvalue weighted by atomic mass is 9.98. The highest BCUT2D eigenvalue weighted by Gasteiger charge is 2.14. The Balaban J connectivity index is 2.26. The van der Waals surface area contributed by atoms with Crippen molar-refractivity contribution in [3.63, 3.8) is 0 Å². The summed E-state index contributed by atoms with van der Waals surface area (Å²) in [4.78, 5) is 12.3. The molecule has 2 rings (SSSR count). The van der Waals surface area contributed by atoms with Crippen LogP contribution < -0.4 is 5.73 Å². The molecule has 0 amide bonds. The van der Waals surface area contributed by atoms with E-state index in [1.807, 2.05) is 19.1 Å². The lowest BCUT2D eigenvalue weighted by molar-refractivity contribution is 0.103. The zero-order chi connectivity index (χ0) is 12.3. The average molecular weight is 229 g/mol. The van der Waals surface area contributed by atoms with Crippen molar-refractivity contribution in [2.24, 2.45) is 0 Å². The minimum Gasteiger partial charge on any atom is -0.399 e. The second kappa shape index (κ2) is 5.17. The Morgan fingerprint density at radius 2 is 2.00 bits per heavy atom. The Kier molecular flexibility index (Phi) is 3.62. The van der Waals surface area contributed by atoms with Gasteiger partial charge in [-0.25, -0.2) is 0 Å². The number of hydrogen-bond donors (Lipinski definition) is 1. The third-order valence-electron chi connectivity index (χ3n) is 3.19. The van der Waals surface area contributed by atoms with Crippen molar-refractivity contribution in [2.75, 3.05) is 5.73 Å². The summed E-state index contributed by atoms with van der Waals surface area (Å²) < 4.78 is 0. The molecule has 0 saturated heterocycles. The highest BCUT2D eigenvalue weighted by atomic mass is 16.1. The quantitative estimate of drug-likeness (QED) is 0.621. The Bertz CT molecular complexity index is 440. The lowest BCUT2D eigenvalue weighted by Gasteiger charge is -2.06. The summed E-state index contributed by atoms with van der Waals surface area (Å²) in [6, 6.07) is 5.59. The number of nitrogens with two attached hydrogens (primary N) is 1. The zero-order valence-electron chi connectivity index (χ0n) is 10.3. The molecule has 1 aliphatic carbocycles. The molecule has 2 heteroatoms. The van der Waals surface area contributed by atoms with Crippen LogP contribution in [0.4, 0.5) is 5.69 Å². The van der Waals surface area contributed by atoms with Crippen LogP contribution in [0.1, 0.15) is 48.0 Å². The van der Waals surface area contributed by atoms with Crippen LogP contribution in [0.25, 0.3) is 0 Å². The first kappa shape index (κ1) is 11.9. The standard InChI is InChI=1S/C15H19NO/c1-11-8-13(10-14(16)9-11)15(17)12-6-4-2-3-5-7-12/h6,8-10H,2-5,7,16H2,1H3. The first-order valence-corrected chi connectivity index (χ1v) is 6.28. The molecule has 0 radical (unpaired) electrons.